The average molecular weight is 465 g/mol. The van der Waals surface area contributed by atoms with Crippen LogP contribution in [0.2, 0.25) is 0 Å². The van der Waals surface area contributed by atoms with Crippen LogP contribution in [0.1, 0.15) is 16.1 Å². The van der Waals surface area contributed by atoms with Crippen LogP contribution >= 0.6 is 0 Å². The van der Waals surface area contributed by atoms with Crippen LogP contribution in [-0.4, -0.2) is 56.7 Å². The molecular formula is C15H14F3N5O7S. The fourth-order valence-electron chi connectivity index (χ4n) is 1.66. The van der Waals surface area contributed by atoms with Gasteiger partial charge in [-0.1, -0.05) is 4.36 Å². The number of halogens is 3. The Hall–Kier alpha value is -3.82. The molecular weight excluding hydrogens is 451 g/mol. The summed E-state index contributed by atoms with van der Waals surface area (Å²) in [5.74, 6) is -0.600. The van der Waals surface area contributed by atoms with Crippen LogP contribution < -0.4 is 14.8 Å². The predicted molar refractivity (Wildman–Crippen MR) is 96.1 cm³/mol. The first-order valence-corrected chi connectivity index (χ1v) is 8.74. The number of ether oxygens (including phenoxy) is 3. The Labute approximate surface area is 174 Å². The molecule has 1 N–H and O–H groups in total. The standard InChI is InChI=1S/C8H6F3NO2.C7H8N4O5S/c1-14-7(13)5-2-3-6(12-4-5)8(9,10)11;1-15-4-3-5(16-2)9-6(8-4)10-7(12)11-17(13)14/h2-4H,1H3;3H,1-2H3,(H,8,9,10,12). The minimum Gasteiger partial charge on any atom is -0.481 e. The molecule has 2 amide bonds. The lowest BCUT2D eigenvalue weighted by atomic mass is 10.2. The Balaban J connectivity index is 0.000000316. The smallest absolute Gasteiger partial charge is 0.433 e. The molecule has 2 heterocycles. The number of carbonyl (C=O) groups excluding carboxylic acids is 2. The molecule has 0 unspecified atom stereocenters. The molecule has 12 nitrogen and oxygen atoms in total. The zero-order valence-corrected chi connectivity index (χ0v) is 16.8. The van der Waals surface area contributed by atoms with Crippen molar-refractivity contribution in [2.75, 3.05) is 26.6 Å². The number of nitrogens with zero attached hydrogens (tertiary/aromatic N) is 4. The Morgan fingerprint density at radius 2 is 1.65 bits per heavy atom. The second kappa shape index (κ2) is 11.4. The van der Waals surface area contributed by atoms with Crippen LogP contribution in [0.15, 0.2) is 28.8 Å². The van der Waals surface area contributed by atoms with E-state index in [1.165, 1.54) is 20.3 Å². The number of carbonyl (C=O) groups is 2. The number of urea groups is 1. The molecule has 0 bridgehead atoms. The number of pyridine rings is 1. The van der Waals surface area contributed by atoms with Gasteiger partial charge in [-0.15, -0.1) is 0 Å². The van der Waals surface area contributed by atoms with Gasteiger partial charge in [0.05, 0.1) is 33.0 Å². The summed E-state index contributed by atoms with van der Waals surface area (Å²) in [6.07, 6.45) is -3.66. The molecule has 2 aromatic heterocycles. The summed E-state index contributed by atoms with van der Waals surface area (Å²) >= 11 is 0. The van der Waals surface area contributed by atoms with E-state index in [1.807, 2.05) is 5.32 Å². The highest BCUT2D eigenvalue weighted by molar-refractivity contribution is 7.62. The van der Waals surface area contributed by atoms with Gasteiger partial charge in [0.25, 0.3) is 0 Å². The molecule has 0 fully saturated rings. The fourth-order valence-corrected chi connectivity index (χ4v) is 1.84. The van der Waals surface area contributed by atoms with Gasteiger partial charge in [-0.05, 0) is 12.1 Å². The zero-order chi connectivity index (χ0) is 23.6. The summed E-state index contributed by atoms with van der Waals surface area (Å²) < 4.78 is 73.0. The van der Waals surface area contributed by atoms with Crippen molar-refractivity contribution in [1.29, 1.82) is 0 Å². The first kappa shape index (κ1) is 25.2. The number of aromatic nitrogens is 3. The molecule has 0 saturated heterocycles. The van der Waals surface area contributed by atoms with Gasteiger partial charge in [0.1, 0.15) is 5.69 Å². The highest BCUT2D eigenvalue weighted by atomic mass is 32.2. The SMILES string of the molecule is COC(=O)c1ccc(C(F)(F)F)nc1.COc1cc(OC)nc(NC(=O)N=S(=O)=O)n1. The molecule has 0 atom stereocenters. The number of hydrogen-bond donors (Lipinski definition) is 1. The van der Waals surface area contributed by atoms with E-state index < -0.39 is 34.4 Å². The minimum absolute atomic E-state index is 0.0134. The largest absolute Gasteiger partial charge is 0.481 e. The molecule has 2 rings (SSSR count). The highest BCUT2D eigenvalue weighted by Crippen LogP contribution is 2.27. The predicted octanol–water partition coefficient (Wildman–Crippen LogP) is 1.98. The van der Waals surface area contributed by atoms with Crippen LogP contribution in [0.25, 0.3) is 0 Å². The molecule has 31 heavy (non-hydrogen) atoms. The minimum atomic E-state index is -4.49. The van der Waals surface area contributed by atoms with E-state index >= 15 is 0 Å². The van der Waals surface area contributed by atoms with Crippen molar-refractivity contribution in [2.24, 2.45) is 4.36 Å². The fraction of sp³-hybridized carbons (Fsp3) is 0.267. The number of nitrogens with one attached hydrogen (secondary N) is 1. The summed E-state index contributed by atoms with van der Waals surface area (Å²) in [6, 6.07) is 2.01. The van der Waals surface area contributed by atoms with Gasteiger partial charge in [0.15, 0.2) is 0 Å². The molecule has 0 aliphatic rings. The number of methoxy groups -OCH3 is 3. The maximum absolute atomic E-state index is 12.0. The van der Waals surface area contributed by atoms with Crippen molar-refractivity contribution in [3.8, 4) is 11.8 Å². The molecule has 0 spiro atoms. The quantitative estimate of drug-likeness (QED) is 0.662. The third-order valence-corrected chi connectivity index (χ3v) is 3.26. The van der Waals surface area contributed by atoms with Crippen LogP contribution in [0.5, 0.6) is 11.8 Å². The van der Waals surface area contributed by atoms with E-state index in [4.69, 9.17) is 9.47 Å². The van der Waals surface area contributed by atoms with Gasteiger partial charge in [-0.25, -0.2) is 9.59 Å². The van der Waals surface area contributed by atoms with Gasteiger partial charge in [-0.2, -0.15) is 31.6 Å². The van der Waals surface area contributed by atoms with Gasteiger partial charge >= 0.3 is 28.7 Å². The normalized spacial score (nSPS) is 10.1. The molecule has 2 aromatic rings. The Morgan fingerprint density at radius 3 is 2.03 bits per heavy atom. The van der Waals surface area contributed by atoms with E-state index in [9.17, 15) is 31.2 Å². The van der Waals surface area contributed by atoms with E-state index in [0.717, 1.165) is 25.4 Å². The van der Waals surface area contributed by atoms with Crippen molar-refractivity contribution in [3.63, 3.8) is 0 Å². The van der Waals surface area contributed by atoms with Crippen molar-refractivity contribution in [1.82, 2.24) is 15.0 Å². The van der Waals surface area contributed by atoms with Gasteiger partial charge < -0.3 is 14.2 Å². The molecule has 0 aromatic carbocycles. The molecule has 0 aliphatic heterocycles. The van der Waals surface area contributed by atoms with Crippen LogP contribution in [0.4, 0.5) is 23.9 Å². The Bertz CT molecular complexity index is 1030. The van der Waals surface area contributed by atoms with Crippen molar-refractivity contribution in [3.05, 3.63) is 35.7 Å². The monoisotopic (exact) mass is 465 g/mol. The maximum atomic E-state index is 12.0. The molecule has 168 valence electrons. The van der Waals surface area contributed by atoms with E-state index in [2.05, 4.69) is 24.1 Å². The maximum Gasteiger partial charge on any atom is 0.433 e. The lowest BCUT2D eigenvalue weighted by molar-refractivity contribution is -0.141. The summed E-state index contributed by atoms with van der Waals surface area (Å²) in [4.78, 5) is 32.4. The van der Waals surface area contributed by atoms with Gasteiger partial charge in [-0.3, -0.25) is 10.3 Å². The number of alkyl halides is 3. The lowest BCUT2D eigenvalue weighted by Crippen LogP contribution is -2.10. The number of hydrogen-bond acceptors (Lipinski definition) is 10. The highest BCUT2D eigenvalue weighted by Gasteiger charge is 2.32. The van der Waals surface area contributed by atoms with Crippen LogP contribution in [-0.2, 0) is 21.4 Å². The lowest BCUT2D eigenvalue weighted by Gasteiger charge is -2.05. The Kier molecular flexibility index (Phi) is 9.26. The van der Waals surface area contributed by atoms with Gasteiger partial charge in [0, 0.05) is 6.20 Å². The zero-order valence-electron chi connectivity index (χ0n) is 16.0. The summed E-state index contributed by atoms with van der Waals surface area (Å²) in [6.45, 7) is 0. The van der Waals surface area contributed by atoms with Crippen molar-refractivity contribution < 1.29 is 45.4 Å². The summed E-state index contributed by atoms with van der Waals surface area (Å²) in [5.41, 5.74) is -1.05. The third kappa shape index (κ3) is 8.60. The third-order valence-electron chi connectivity index (χ3n) is 2.95. The number of esters is 1. The molecule has 0 radical (unpaired) electrons. The second-order valence-corrected chi connectivity index (χ2v) is 5.55. The molecule has 0 aliphatic carbocycles. The summed E-state index contributed by atoms with van der Waals surface area (Å²) in [5, 5.41) is 2.04. The van der Waals surface area contributed by atoms with Crippen molar-refractivity contribution >= 4 is 28.4 Å². The van der Waals surface area contributed by atoms with Gasteiger partial charge in [0.2, 0.25) is 17.7 Å². The van der Waals surface area contributed by atoms with Crippen molar-refractivity contribution in [2.45, 2.75) is 6.18 Å². The van der Waals surface area contributed by atoms with Crippen LogP contribution in [0.3, 0.4) is 0 Å². The first-order valence-electron chi connectivity index (χ1n) is 7.70. The second-order valence-electron chi connectivity index (χ2n) is 4.94. The van der Waals surface area contributed by atoms with E-state index in [-0.39, 0.29) is 23.3 Å². The van der Waals surface area contributed by atoms with E-state index in [1.54, 1.807) is 0 Å². The topological polar surface area (TPSA) is 159 Å². The average Bonchev–Trinajstić information content (AvgIpc) is 2.72. The number of amides is 2. The Morgan fingerprint density at radius 1 is 1.06 bits per heavy atom. The first-order chi connectivity index (χ1) is 14.5. The number of rotatable bonds is 4. The number of anilines is 1. The molecule has 16 heteroatoms. The van der Waals surface area contributed by atoms with Crippen LogP contribution in [0, 0.1) is 0 Å². The van der Waals surface area contributed by atoms with E-state index in [0.29, 0.717) is 0 Å². The molecule has 0 saturated carbocycles. The summed E-state index contributed by atoms with van der Waals surface area (Å²) in [7, 11) is 1.03.